The summed E-state index contributed by atoms with van der Waals surface area (Å²) in [5, 5.41) is 12.9. The molecule has 9 heteroatoms. The lowest BCUT2D eigenvalue weighted by molar-refractivity contribution is -0.134. The lowest BCUT2D eigenvalue weighted by atomic mass is 9.97. The average Bonchev–Trinajstić information content (AvgIpc) is 3.15. The zero-order chi connectivity index (χ0) is 25.0. The third kappa shape index (κ3) is 6.51. The Morgan fingerprint density at radius 3 is 2.66 bits per heavy atom. The second kappa shape index (κ2) is 10.4. The highest BCUT2D eigenvalue weighted by molar-refractivity contribution is 7.19. The van der Waals surface area contributed by atoms with Crippen LogP contribution in [0.4, 0.5) is 17.6 Å². The molecule has 182 valence electrons. The monoisotopic (exact) mass is 503 g/mol. The molecule has 3 aromatic rings. The minimum absolute atomic E-state index is 0.0675. The van der Waals surface area contributed by atoms with Crippen molar-refractivity contribution in [1.82, 2.24) is 5.32 Å². The highest BCUT2D eigenvalue weighted by atomic mass is 32.1. The predicted octanol–water partition coefficient (Wildman–Crippen LogP) is 7.38. The largest absolute Gasteiger partial charge is 0.508 e. The number of carbonyl (C=O) groups is 1. The summed E-state index contributed by atoms with van der Waals surface area (Å²) in [5.41, 5.74) is 0.666. The molecule has 0 fully saturated rings. The van der Waals surface area contributed by atoms with Crippen molar-refractivity contribution in [2.45, 2.75) is 24.9 Å². The Kier molecular flexibility index (Phi) is 7.25. The van der Waals surface area contributed by atoms with Gasteiger partial charge in [0.2, 0.25) is 5.91 Å². The molecule has 2 aromatic carbocycles. The van der Waals surface area contributed by atoms with Crippen molar-refractivity contribution in [3.63, 3.8) is 0 Å². The van der Waals surface area contributed by atoms with Gasteiger partial charge in [0.25, 0.3) is 0 Å². The van der Waals surface area contributed by atoms with Crippen molar-refractivity contribution < 1.29 is 32.2 Å². The van der Waals surface area contributed by atoms with Gasteiger partial charge < -0.3 is 15.2 Å². The maximum atomic E-state index is 13.5. The van der Waals surface area contributed by atoms with E-state index < -0.39 is 25.0 Å². The van der Waals surface area contributed by atoms with Crippen LogP contribution in [0, 0.1) is 0 Å². The van der Waals surface area contributed by atoms with E-state index in [2.05, 4.69) is 5.32 Å². The fourth-order valence-corrected chi connectivity index (χ4v) is 4.80. The van der Waals surface area contributed by atoms with Crippen LogP contribution in [0.3, 0.4) is 0 Å². The number of carbonyl (C=O) groups excluding carboxylic acids is 1. The summed E-state index contributed by atoms with van der Waals surface area (Å²) >= 11 is 1.47. The second-order valence-corrected chi connectivity index (χ2v) is 9.01. The molecular formula is C26H21F4NO3S. The van der Waals surface area contributed by atoms with E-state index >= 15 is 0 Å². The van der Waals surface area contributed by atoms with Crippen LogP contribution in [0.25, 0.3) is 16.2 Å². The lowest BCUT2D eigenvalue weighted by Gasteiger charge is -2.15. The van der Waals surface area contributed by atoms with Gasteiger partial charge in [0.15, 0.2) is 0 Å². The first-order valence-electron chi connectivity index (χ1n) is 10.8. The molecule has 0 aliphatic heterocycles. The first kappa shape index (κ1) is 24.5. The molecule has 2 N–H and O–H groups in total. The standard InChI is InChI=1S/C26H21F4NO3S/c27-18-6-4-17(5-7-18)25-24(21-11-8-19(32)15-22(21)35-25)34-20-9-1-16(2-10-20)3-12-23(33)31-14-13-26(28,29)30/h1-4,6-12,15,17,32H,5,13-14H2,(H,31,33). The minimum atomic E-state index is -4.32. The quantitative estimate of drug-likeness (QED) is 0.261. The van der Waals surface area contributed by atoms with Crippen LogP contribution in [-0.2, 0) is 4.79 Å². The van der Waals surface area contributed by atoms with Crippen molar-refractivity contribution in [3.05, 3.63) is 83.0 Å². The summed E-state index contributed by atoms with van der Waals surface area (Å²) in [4.78, 5) is 12.6. The number of allylic oxidation sites excluding steroid dienone is 4. The van der Waals surface area contributed by atoms with Gasteiger partial charge in [-0.3, -0.25) is 4.79 Å². The number of aromatic hydroxyl groups is 1. The molecule has 1 aromatic heterocycles. The topological polar surface area (TPSA) is 58.6 Å². The van der Waals surface area contributed by atoms with Crippen molar-refractivity contribution in [1.29, 1.82) is 0 Å². The second-order valence-electron chi connectivity index (χ2n) is 7.93. The summed E-state index contributed by atoms with van der Waals surface area (Å²) in [6.07, 6.45) is 2.50. The first-order valence-corrected chi connectivity index (χ1v) is 11.6. The smallest absolute Gasteiger partial charge is 0.390 e. The highest BCUT2D eigenvalue weighted by Crippen LogP contribution is 2.47. The molecule has 1 aliphatic carbocycles. The van der Waals surface area contributed by atoms with Gasteiger partial charge in [-0.2, -0.15) is 13.2 Å². The molecule has 4 nitrogen and oxygen atoms in total. The van der Waals surface area contributed by atoms with Crippen LogP contribution >= 0.6 is 11.3 Å². The lowest BCUT2D eigenvalue weighted by Crippen LogP contribution is -2.26. The van der Waals surface area contributed by atoms with Gasteiger partial charge in [-0.05, 0) is 60.5 Å². The van der Waals surface area contributed by atoms with Gasteiger partial charge in [0.05, 0.1) is 11.3 Å². The SMILES string of the molecule is O=C(C=Cc1ccc(Oc2c(C3C=CC(F)=CC3)sc3cc(O)ccc23)cc1)NCCC(F)(F)F. The van der Waals surface area contributed by atoms with Gasteiger partial charge >= 0.3 is 6.18 Å². The Labute approximate surface area is 202 Å². The maximum absolute atomic E-state index is 13.5. The molecular weight excluding hydrogens is 482 g/mol. The number of hydrogen-bond acceptors (Lipinski definition) is 4. The molecule has 0 saturated carbocycles. The van der Waals surface area contributed by atoms with E-state index in [9.17, 15) is 27.5 Å². The van der Waals surface area contributed by atoms with E-state index in [-0.39, 0.29) is 17.5 Å². The van der Waals surface area contributed by atoms with Crippen LogP contribution in [0.1, 0.15) is 29.2 Å². The summed E-state index contributed by atoms with van der Waals surface area (Å²) in [6.45, 7) is -0.479. The number of alkyl halides is 3. The highest BCUT2D eigenvalue weighted by Gasteiger charge is 2.26. The van der Waals surface area contributed by atoms with Crippen molar-refractivity contribution in [2.75, 3.05) is 6.54 Å². The van der Waals surface area contributed by atoms with Crippen LogP contribution in [0.15, 0.2) is 72.6 Å². The molecule has 1 amide bonds. The van der Waals surface area contributed by atoms with E-state index in [0.717, 1.165) is 15.0 Å². The average molecular weight is 504 g/mol. The van der Waals surface area contributed by atoms with Crippen molar-refractivity contribution in [3.8, 4) is 17.2 Å². The normalized spacial score (nSPS) is 16.0. The fourth-order valence-electron chi connectivity index (χ4n) is 3.54. The van der Waals surface area contributed by atoms with Gasteiger partial charge in [-0.1, -0.05) is 18.2 Å². The molecule has 4 rings (SSSR count). The van der Waals surface area contributed by atoms with Crippen LogP contribution in [-0.4, -0.2) is 23.7 Å². The zero-order valence-corrected chi connectivity index (χ0v) is 19.1. The molecule has 0 radical (unpaired) electrons. The number of ether oxygens (including phenoxy) is 1. The maximum Gasteiger partial charge on any atom is 0.390 e. The van der Waals surface area contributed by atoms with Gasteiger partial charge in [-0.15, -0.1) is 11.3 Å². The fraction of sp³-hybridized carbons (Fsp3) is 0.192. The number of amides is 1. The van der Waals surface area contributed by atoms with Crippen molar-refractivity contribution >= 4 is 33.4 Å². The first-order chi connectivity index (χ1) is 16.7. The van der Waals surface area contributed by atoms with Gasteiger partial charge in [0.1, 0.15) is 23.1 Å². The van der Waals surface area contributed by atoms with E-state index in [1.54, 1.807) is 48.5 Å². The molecule has 1 atom stereocenters. The number of halogens is 4. The number of benzene rings is 2. The van der Waals surface area contributed by atoms with E-state index in [1.165, 1.54) is 35.6 Å². The van der Waals surface area contributed by atoms with E-state index in [1.807, 2.05) is 0 Å². The zero-order valence-electron chi connectivity index (χ0n) is 18.3. The molecule has 0 bridgehead atoms. The van der Waals surface area contributed by atoms with E-state index in [4.69, 9.17) is 4.74 Å². The molecule has 1 unspecified atom stereocenters. The Morgan fingerprint density at radius 2 is 1.97 bits per heavy atom. The molecule has 0 spiro atoms. The summed E-state index contributed by atoms with van der Waals surface area (Å²) < 4.78 is 57.0. The Bertz CT molecular complexity index is 1310. The predicted molar refractivity (Wildman–Crippen MR) is 128 cm³/mol. The molecule has 1 heterocycles. The molecule has 0 saturated heterocycles. The van der Waals surface area contributed by atoms with Crippen LogP contribution in [0.5, 0.6) is 17.2 Å². The Hall–Kier alpha value is -3.59. The van der Waals surface area contributed by atoms with Crippen LogP contribution in [0.2, 0.25) is 0 Å². The van der Waals surface area contributed by atoms with Gasteiger partial charge in [-0.25, -0.2) is 4.39 Å². The Balaban J connectivity index is 1.49. The van der Waals surface area contributed by atoms with Crippen molar-refractivity contribution in [2.24, 2.45) is 0 Å². The number of thiophene rings is 1. The summed E-state index contributed by atoms with van der Waals surface area (Å²) in [7, 11) is 0. The van der Waals surface area contributed by atoms with Gasteiger partial charge in [0, 0.05) is 28.6 Å². The molecule has 1 aliphatic rings. The number of phenolic OH excluding ortho intramolecular Hbond substituents is 1. The Morgan fingerprint density at radius 1 is 1.20 bits per heavy atom. The third-order valence-corrected chi connectivity index (χ3v) is 6.55. The molecule has 35 heavy (non-hydrogen) atoms. The number of rotatable bonds is 7. The minimum Gasteiger partial charge on any atom is -0.508 e. The van der Waals surface area contributed by atoms with Crippen LogP contribution < -0.4 is 10.1 Å². The summed E-state index contributed by atoms with van der Waals surface area (Å²) in [6, 6.07) is 11.9. The number of nitrogens with one attached hydrogen (secondary N) is 1. The number of phenols is 1. The summed E-state index contributed by atoms with van der Waals surface area (Å²) in [5.74, 6) is 0.344. The number of fused-ring (bicyclic) bond motifs is 1. The number of hydrogen-bond donors (Lipinski definition) is 2. The third-order valence-electron chi connectivity index (χ3n) is 5.28. The van der Waals surface area contributed by atoms with E-state index in [0.29, 0.717) is 23.5 Å².